The van der Waals surface area contributed by atoms with Crippen molar-refractivity contribution in [3.8, 4) is 0 Å². The molecule has 2 heterocycles. The van der Waals surface area contributed by atoms with Gasteiger partial charge in [-0.05, 0) is 36.3 Å². The van der Waals surface area contributed by atoms with Gasteiger partial charge < -0.3 is 0 Å². The van der Waals surface area contributed by atoms with Crippen LogP contribution in [0.15, 0.2) is 5.38 Å². The zero-order valence-electron chi connectivity index (χ0n) is 8.47. The van der Waals surface area contributed by atoms with E-state index in [1.807, 2.05) is 22.7 Å². The topological polar surface area (TPSA) is 0 Å². The Bertz CT molecular complexity index is 432. The molecule has 0 aliphatic heterocycles. The van der Waals surface area contributed by atoms with Crippen LogP contribution in [0.25, 0.3) is 9.40 Å². The number of fused-ring (bicyclic) bond motifs is 1. The standard InChI is InChI=1S/C11H14S2/c1-6(2)9-8(4)11-10(13-9)7(3)5-12-11/h5-6H,1-4H3. The fourth-order valence-corrected chi connectivity index (χ4v) is 4.22. The molecule has 0 saturated carbocycles. The molecule has 0 unspecified atom stereocenters. The minimum absolute atomic E-state index is 0.670. The lowest BCUT2D eigenvalue weighted by Crippen LogP contribution is -1.83. The van der Waals surface area contributed by atoms with E-state index in [1.54, 1.807) is 4.88 Å². The van der Waals surface area contributed by atoms with Crippen LogP contribution in [0.2, 0.25) is 0 Å². The van der Waals surface area contributed by atoms with Crippen LogP contribution in [-0.2, 0) is 0 Å². The lowest BCUT2D eigenvalue weighted by Gasteiger charge is -2.01. The van der Waals surface area contributed by atoms with Crippen LogP contribution in [0, 0.1) is 13.8 Å². The summed E-state index contributed by atoms with van der Waals surface area (Å²) in [6, 6.07) is 0. The zero-order chi connectivity index (χ0) is 9.59. The molecular formula is C11H14S2. The summed E-state index contributed by atoms with van der Waals surface area (Å²) < 4.78 is 3.01. The predicted molar refractivity (Wildman–Crippen MR) is 63.3 cm³/mol. The van der Waals surface area contributed by atoms with Crippen molar-refractivity contribution in [2.24, 2.45) is 0 Å². The van der Waals surface area contributed by atoms with Crippen molar-refractivity contribution < 1.29 is 0 Å². The Morgan fingerprint density at radius 2 is 1.85 bits per heavy atom. The fraction of sp³-hybridized carbons (Fsp3) is 0.455. The summed E-state index contributed by atoms with van der Waals surface area (Å²) in [6.45, 7) is 9.01. The molecule has 0 aliphatic rings. The van der Waals surface area contributed by atoms with Gasteiger partial charge >= 0.3 is 0 Å². The lowest BCUT2D eigenvalue weighted by atomic mass is 10.1. The highest BCUT2D eigenvalue weighted by Crippen LogP contribution is 2.40. The minimum Gasteiger partial charge on any atom is -0.142 e. The third-order valence-electron chi connectivity index (χ3n) is 2.36. The third-order valence-corrected chi connectivity index (χ3v) is 5.44. The molecule has 0 nitrogen and oxygen atoms in total. The van der Waals surface area contributed by atoms with Crippen LogP contribution in [0.3, 0.4) is 0 Å². The Labute approximate surface area is 87.2 Å². The first-order chi connectivity index (χ1) is 6.11. The average Bonchev–Trinajstić information content (AvgIpc) is 2.55. The van der Waals surface area contributed by atoms with Gasteiger partial charge in [-0.25, -0.2) is 0 Å². The molecule has 0 radical (unpaired) electrons. The SMILES string of the molecule is Cc1csc2c(C)c(C(C)C)sc12. The molecular weight excluding hydrogens is 196 g/mol. The molecule has 0 aliphatic carbocycles. The second-order valence-corrected chi connectivity index (χ2v) is 5.75. The summed E-state index contributed by atoms with van der Waals surface area (Å²) in [6.07, 6.45) is 0. The molecule has 0 atom stereocenters. The third kappa shape index (κ3) is 1.32. The summed E-state index contributed by atoms with van der Waals surface area (Å²) >= 11 is 3.86. The van der Waals surface area contributed by atoms with Crippen molar-refractivity contribution in [3.63, 3.8) is 0 Å². The minimum atomic E-state index is 0.670. The molecule has 2 rings (SSSR count). The molecule has 0 amide bonds. The normalized spacial score (nSPS) is 11.8. The van der Waals surface area contributed by atoms with E-state index in [0.717, 1.165) is 0 Å². The van der Waals surface area contributed by atoms with Crippen LogP contribution in [0.4, 0.5) is 0 Å². The summed E-state index contributed by atoms with van der Waals surface area (Å²) in [5.41, 5.74) is 2.95. The van der Waals surface area contributed by atoms with E-state index in [4.69, 9.17) is 0 Å². The Kier molecular flexibility index (Phi) is 2.20. The smallest absolute Gasteiger partial charge is 0.0485 e. The van der Waals surface area contributed by atoms with E-state index in [2.05, 4.69) is 33.1 Å². The maximum absolute atomic E-state index is 2.28. The van der Waals surface area contributed by atoms with E-state index in [-0.39, 0.29) is 0 Å². The molecule has 70 valence electrons. The first kappa shape index (κ1) is 9.22. The van der Waals surface area contributed by atoms with Crippen LogP contribution in [0.1, 0.15) is 35.8 Å². The number of rotatable bonds is 1. The summed E-state index contributed by atoms with van der Waals surface area (Å²) in [5.74, 6) is 0.670. The Balaban J connectivity index is 2.74. The number of aryl methyl sites for hydroxylation is 2. The molecule has 0 aromatic carbocycles. The maximum Gasteiger partial charge on any atom is 0.0485 e. The zero-order valence-corrected chi connectivity index (χ0v) is 10.1. The van der Waals surface area contributed by atoms with Gasteiger partial charge in [-0.15, -0.1) is 22.7 Å². The highest BCUT2D eigenvalue weighted by Gasteiger charge is 2.13. The van der Waals surface area contributed by atoms with Gasteiger partial charge in [0.25, 0.3) is 0 Å². The van der Waals surface area contributed by atoms with Gasteiger partial charge in [0.05, 0.1) is 0 Å². The molecule has 0 bridgehead atoms. The van der Waals surface area contributed by atoms with Gasteiger partial charge in [0.1, 0.15) is 0 Å². The van der Waals surface area contributed by atoms with Crippen LogP contribution in [-0.4, -0.2) is 0 Å². The van der Waals surface area contributed by atoms with Crippen LogP contribution < -0.4 is 0 Å². The largest absolute Gasteiger partial charge is 0.142 e. The van der Waals surface area contributed by atoms with Gasteiger partial charge in [-0.3, -0.25) is 0 Å². The van der Waals surface area contributed by atoms with Gasteiger partial charge in [0.15, 0.2) is 0 Å². The first-order valence-electron chi connectivity index (χ1n) is 4.58. The van der Waals surface area contributed by atoms with Gasteiger partial charge in [-0.1, -0.05) is 13.8 Å². The second kappa shape index (κ2) is 3.10. The highest BCUT2D eigenvalue weighted by molar-refractivity contribution is 7.27. The molecule has 2 heteroatoms. The van der Waals surface area contributed by atoms with Gasteiger partial charge in [0, 0.05) is 14.3 Å². The number of thiophene rings is 2. The second-order valence-electron chi connectivity index (χ2n) is 3.82. The summed E-state index contributed by atoms with van der Waals surface area (Å²) in [4.78, 5) is 1.56. The molecule has 0 saturated heterocycles. The van der Waals surface area contributed by atoms with Crippen molar-refractivity contribution in [2.75, 3.05) is 0 Å². The molecule has 13 heavy (non-hydrogen) atoms. The van der Waals surface area contributed by atoms with Gasteiger partial charge in [-0.2, -0.15) is 0 Å². The van der Waals surface area contributed by atoms with Crippen molar-refractivity contribution in [2.45, 2.75) is 33.6 Å². The molecule has 0 N–H and O–H groups in total. The highest BCUT2D eigenvalue weighted by atomic mass is 32.1. The Hall–Kier alpha value is -0.340. The number of hydrogen-bond donors (Lipinski definition) is 0. The van der Waals surface area contributed by atoms with Crippen LogP contribution >= 0.6 is 22.7 Å². The van der Waals surface area contributed by atoms with E-state index >= 15 is 0 Å². The van der Waals surface area contributed by atoms with Gasteiger partial charge in [0.2, 0.25) is 0 Å². The molecule has 2 aromatic heterocycles. The van der Waals surface area contributed by atoms with Crippen molar-refractivity contribution in [1.29, 1.82) is 0 Å². The van der Waals surface area contributed by atoms with E-state index in [1.165, 1.54) is 20.5 Å². The van der Waals surface area contributed by atoms with Crippen molar-refractivity contribution in [1.82, 2.24) is 0 Å². The Morgan fingerprint density at radius 3 is 2.38 bits per heavy atom. The number of hydrogen-bond acceptors (Lipinski definition) is 2. The van der Waals surface area contributed by atoms with Crippen molar-refractivity contribution >= 4 is 32.1 Å². The summed E-state index contributed by atoms with van der Waals surface area (Å²) in [5, 5.41) is 2.26. The maximum atomic E-state index is 2.28. The van der Waals surface area contributed by atoms with E-state index < -0.39 is 0 Å². The quantitative estimate of drug-likeness (QED) is 0.640. The molecule has 2 aromatic rings. The summed E-state index contributed by atoms with van der Waals surface area (Å²) in [7, 11) is 0. The molecule has 0 spiro atoms. The monoisotopic (exact) mass is 210 g/mol. The predicted octanol–water partition coefficient (Wildman–Crippen LogP) is 4.70. The van der Waals surface area contributed by atoms with Crippen molar-refractivity contribution in [3.05, 3.63) is 21.4 Å². The average molecular weight is 210 g/mol. The van der Waals surface area contributed by atoms with E-state index in [0.29, 0.717) is 5.92 Å². The van der Waals surface area contributed by atoms with Crippen LogP contribution in [0.5, 0.6) is 0 Å². The molecule has 0 fully saturated rings. The van der Waals surface area contributed by atoms with E-state index in [9.17, 15) is 0 Å². The first-order valence-corrected chi connectivity index (χ1v) is 6.28. The fourth-order valence-electron chi connectivity index (χ4n) is 1.67. The lowest BCUT2D eigenvalue weighted by molar-refractivity contribution is 0.883. The Morgan fingerprint density at radius 1 is 1.15 bits per heavy atom.